The Balaban J connectivity index is 1.29. The highest BCUT2D eigenvalue weighted by atomic mass is 16.2. The van der Waals surface area contributed by atoms with Gasteiger partial charge in [0.2, 0.25) is 17.7 Å². The van der Waals surface area contributed by atoms with Gasteiger partial charge in [0.05, 0.1) is 11.4 Å². The van der Waals surface area contributed by atoms with E-state index in [1.54, 1.807) is 0 Å². The maximum atomic E-state index is 13.2. The highest BCUT2D eigenvalue weighted by Crippen LogP contribution is 2.30. The monoisotopic (exact) mass is 558 g/mol. The van der Waals surface area contributed by atoms with Crippen molar-refractivity contribution >= 4 is 17.6 Å². The van der Waals surface area contributed by atoms with Gasteiger partial charge in [0.15, 0.2) is 0 Å². The van der Waals surface area contributed by atoms with Crippen molar-refractivity contribution in [2.45, 2.75) is 26.3 Å². The summed E-state index contributed by atoms with van der Waals surface area (Å²) < 4.78 is 0. The van der Waals surface area contributed by atoms with Crippen molar-refractivity contribution in [1.82, 2.24) is 35.5 Å². The fourth-order valence-corrected chi connectivity index (χ4v) is 5.08. The number of nitrogens with one attached hydrogen (secondary N) is 1. The van der Waals surface area contributed by atoms with Crippen LogP contribution in [0.2, 0.25) is 0 Å². The molecule has 10 nitrogen and oxygen atoms in total. The van der Waals surface area contributed by atoms with Gasteiger partial charge in [0.25, 0.3) is 0 Å². The van der Waals surface area contributed by atoms with E-state index in [1.165, 1.54) is 0 Å². The number of anilines is 1. The number of amides is 1. The van der Waals surface area contributed by atoms with Crippen LogP contribution in [0.5, 0.6) is 0 Å². The van der Waals surface area contributed by atoms with Crippen LogP contribution >= 0.6 is 0 Å². The number of hydrogen-bond acceptors (Lipinski definition) is 8. The SMILES string of the molecule is Cc1ccc(CC(=O)Cc2cc(-c3ccccc3-c3nn[nH]n3)nc(N3CCN(Cc4ccccc4)C(=O)C3)n2)cc1. The molecular weight excluding hydrogens is 528 g/mol. The fraction of sp³-hybridized carbons (Fsp3) is 0.219. The Morgan fingerprint density at radius 2 is 1.62 bits per heavy atom. The number of nitrogens with zero attached hydrogens (tertiary/aromatic N) is 7. The molecule has 5 aromatic rings. The molecule has 1 fully saturated rings. The van der Waals surface area contributed by atoms with Gasteiger partial charge in [0.1, 0.15) is 12.3 Å². The van der Waals surface area contributed by atoms with Gasteiger partial charge in [-0.1, -0.05) is 84.4 Å². The summed E-state index contributed by atoms with van der Waals surface area (Å²) in [5.41, 5.74) is 5.94. The van der Waals surface area contributed by atoms with E-state index in [0.29, 0.717) is 49.2 Å². The second-order valence-corrected chi connectivity index (χ2v) is 10.4. The Kier molecular flexibility index (Phi) is 7.76. The predicted molar refractivity (Wildman–Crippen MR) is 158 cm³/mol. The van der Waals surface area contributed by atoms with Crippen molar-refractivity contribution in [2.75, 3.05) is 24.5 Å². The van der Waals surface area contributed by atoms with Crippen molar-refractivity contribution < 1.29 is 9.59 Å². The third-order valence-electron chi connectivity index (χ3n) is 7.27. The third-order valence-corrected chi connectivity index (χ3v) is 7.27. The van der Waals surface area contributed by atoms with Crippen LogP contribution in [0.1, 0.15) is 22.4 Å². The lowest BCUT2D eigenvalue weighted by atomic mass is 10.0. The summed E-state index contributed by atoms with van der Waals surface area (Å²) >= 11 is 0. The van der Waals surface area contributed by atoms with Gasteiger partial charge in [-0.25, -0.2) is 9.97 Å². The molecule has 0 unspecified atom stereocenters. The molecule has 42 heavy (non-hydrogen) atoms. The van der Waals surface area contributed by atoms with E-state index in [2.05, 4.69) is 20.6 Å². The number of H-pyrrole nitrogens is 1. The summed E-state index contributed by atoms with van der Waals surface area (Å²) in [7, 11) is 0. The minimum Gasteiger partial charge on any atom is -0.335 e. The molecule has 1 aliphatic rings. The molecule has 210 valence electrons. The van der Waals surface area contributed by atoms with Gasteiger partial charge in [-0.2, -0.15) is 5.21 Å². The van der Waals surface area contributed by atoms with Gasteiger partial charge in [-0.3, -0.25) is 9.59 Å². The van der Waals surface area contributed by atoms with Gasteiger partial charge in [0, 0.05) is 43.6 Å². The molecule has 0 spiro atoms. The quantitative estimate of drug-likeness (QED) is 0.290. The lowest BCUT2D eigenvalue weighted by molar-refractivity contribution is -0.131. The Labute approximate surface area is 243 Å². The molecule has 6 rings (SSSR count). The molecule has 1 aliphatic heterocycles. The Morgan fingerprint density at radius 1 is 0.857 bits per heavy atom. The third kappa shape index (κ3) is 6.22. The lowest BCUT2D eigenvalue weighted by Crippen LogP contribution is -2.50. The molecule has 0 radical (unpaired) electrons. The molecule has 2 aromatic heterocycles. The minimum absolute atomic E-state index is 0.00306. The van der Waals surface area contributed by atoms with E-state index in [9.17, 15) is 9.59 Å². The van der Waals surface area contributed by atoms with Crippen LogP contribution < -0.4 is 4.90 Å². The molecule has 1 N–H and O–H groups in total. The molecule has 1 amide bonds. The van der Waals surface area contributed by atoms with E-state index >= 15 is 0 Å². The summed E-state index contributed by atoms with van der Waals surface area (Å²) in [4.78, 5) is 39.8. The average Bonchev–Trinajstić information content (AvgIpc) is 3.55. The van der Waals surface area contributed by atoms with Crippen molar-refractivity contribution in [3.05, 3.63) is 107 Å². The topological polar surface area (TPSA) is 121 Å². The molecule has 0 bridgehead atoms. The average molecular weight is 559 g/mol. The van der Waals surface area contributed by atoms with Gasteiger partial charge in [-0.05, 0) is 29.3 Å². The van der Waals surface area contributed by atoms with Gasteiger partial charge in [-0.15, -0.1) is 10.2 Å². The van der Waals surface area contributed by atoms with Crippen molar-refractivity contribution in [3.8, 4) is 22.6 Å². The maximum absolute atomic E-state index is 13.2. The van der Waals surface area contributed by atoms with Crippen LogP contribution in [0.4, 0.5) is 5.95 Å². The second kappa shape index (κ2) is 12.1. The number of benzene rings is 3. The largest absolute Gasteiger partial charge is 0.335 e. The number of hydrogen-bond donors (Lipinski definition) is 1. The normalized spacial score (nSPS) is 13.4. The van der Waals surface area contributed by atoms with Crippen molar-refractivity contribution in [2.24, 2.45) is 0 Å². The number of aryl methyl sites for hydroxylation is 1. The number of carbonyl (C=O) groups is 2. The molecular formula is C32H30N8O2. The number of ketones is 1. The van der Waals surface area contributed by atoms with E-state index < -0.39 is 0 Å². The summed E-state index contributed by atoms with van der Waals surface area (Å²) in [5, 5.41) is 14.5. The first kappa shape index (κ1) is 26.9. The molecule has 0 aliphatic carbocycles. The van der Waals surface area contributed by atoms with Crippen LogP contribution in [0.15, 0.2) is 84.9 Å². The van der Waals surface area contributed by atoms with Crippen LogP contribution in [0, 0.1) is 6.92 Å². The zero-order valence-corrected chi connectivity index (χ0v) is 23.3. The van der Waals surface area contributed by atoms with E-state index in [-0.39, 0.29) is 24.7 Å². The van der Waals surface area contributed by atoms with Gasteiger partial charge < -0.3 is 9.80 Å². The van der Waals surface area contributed by atoms with E-state index in [0.717, 1.165) is 27.8 Å². The molecule has 0 saturated carbocycles. The number of rotatable bonds is 9. The molecule has 10 heteroatoms. The number of Topliss-reactive ketones (excluding diaryl/α,β-unsaturated/α-hetero) is 1. The molecule has 0 atom stereocenters. The smallest absolute Gasteiger partial charge is 0.242 e. The fourth-order valence-electron chi connectivity index (χ4n) is 5.08. The van der Waals surface area contributed by atoms with E-state index in [1.807, 2.05) is 102 Å². The van der Waals surface area contributed by atoms with E-state index in [4.69, 9.17) is 9.97 Å². The second-order valence-electron chi connectivity index (χ2n) is 10.4. The first-order valence-electron chi connectivity index (χ1n) is 13.9. The minimum atomic E-state index is 0.00306. The highest BCUT2D eigenvalue weighted by molar-refractivity contribution is 5.85. The number of tetrazole rings is 1. The zero-order chi connectivity index (χ0) is 28.9. The van der Waals surface area contributed by atoms with Gasteiger partial charge >= 0.3 is 0 Å². The first-order chi connectivity index (χ1) is 20.5. The molecule has 3 heterocycles. The van der Waals surface area contributed by atoms with Crippen LogP contribution in [-0.2, 0) is 29.0 Å². The Morgan fingerprint density at radius 3 is 2.36 bits per heavy atom. The molecule has 3 aromatic carbocycles. The van der Waals surface area contributed by atoms with Crippen LogP contribution in [0.25, 0.3) is 22.6 Å². The van der Waals surface area contributed by atoms with Crippen LogP contribution in [-0.4, -0.2) is 66.8 Å². The number of aromatic amines is 1. The number of piperazine rings is 1. The summed E-state index contributed by atoms with van der Waals surface area (Å²) in [6.45, 7) is 3.85. The van der Waals surface area contributed by atoms with Crippen molar-refractivity contribution in [1.29, 1.82) is 0 Å². The number of aromatic nitrogens is 6. The number of carbonyl (C=O) groups excluding carboxylic acids is 2. The summed E-state index contributed by atoms with van der Waals surface area (Å²) in [5.74, 6) is 0.904. The maximum Gasteiger partial charge on any atom is 0.242 e. The zero-order valence-electron chi connectivity index (χ0n) is 23.3. The van der Waals surface area contributed by atoms with Crippen molar-refractivity contribution in [3.63, 3.8) is 0 Å². The lowest BCUT2D eigenvalue weighted by Gasteiger charge is -2.34. The summed E-state index contributed by atoms with van der Waals surface area (Å²) in [6.07, 6.45) is 0.452. The highest BCUT2D eigenvalue weighted by Gasteiger charge is 2.27. The molecule has 1 saturated heterocycles. The Hall–Kier alpha value is -5.25. The summed E-state index contributed by atoms with van der Waals surface area (Å²) in [6, 6.07) is 27.4. The standard InChI is InChI=1S/C32H30N8O2/c1-22-11-13-23(14-12-22)17-26(41)18-25-19-29(27-9-5-6-10-28(27)31-35-37-38-36-31)34-32(33-25)40-16-15-39(30(42)21-40)20-24-7-3-2-4-8-24/h2-14,19H,15-18,20-21H2,1H3,(H,35,36,37,38). The predicted octanol–water partition coefficient (Wildman–Crippen LogP) is 3.84. The Bertz CT molecular complexity index is 1690. The van der Waals surface area contributed by atoms with Crippen LogP contribution in [0.3, 0.4) is 0 Å². The first-order valence-corrected chi connectivity index (χ1v) is 13.9.